The molecule has 1 N–H and O–H groups in total. The molecule has 0 saturated carbocycles. The Morgan fingerprint density at radius 2 is 2.13 bits per heavy atom. The molecule has 4 heteroatoms. The summed E-state index contributed by atoms with van der Waals surface area (Å²) in [5.41, 5.74) is 1.79. The Kier molecular flexibility index (Phi) is 4.09. The largest absolute Gasteiger partial charge is 0.325 e. The van der Waals surface area contributed by atoms with E-state index in [1.807, 2.05) is 26.8 Å². The van der Waals surface area contributed by atoms with Crippen LogP contribution < -0.4 is 5.32 Å². The van der Waals surface area contributed by atoms with Crippen molar-refractivity contribution in [3.63, 3.8) is 0 Å². The number of anilines is 1. The average molecular weight is 207 g/mol. The van der Waals surface area contributed by atoms with Gasteiger partial charge in [-0.1, -0.05) is 0 Å². The van der Waals surface area contributed by atoms with Gasteiger partial charge in [0.15, 0.2) is 0 Å². The molecule has 0 aliphatic rings. The Morgan fingerprint density at radius 1 is 1.47 bits per heavy atom. The number of nitrogens with zero attached hydrogens (tertiary/aromatic N) is 2. The normalized spacial score (nSPS) is 9.80. The molecule has 0 bridgehead atoms. The molecule has 0 fully saturated rings. The highest BCUT2D eigenvalue weighted by Gasteiger charge is 2.09. The molecule has 2 amide bonds. The zero-order valence-electron chi connectivity index (χ0n) is 9.45. The second kappa shape index (κ2) is 5.34. The van der Waals surface area contributed by atoms with Gasteiger partial charge >= 0.3 is 6.03 Å². The summed E-state index contributed by atoms with van der Waals surface area (Å²) in [5.74, 6) is 0. The van der Waals surface area contributed by atoms with Gasteiger partial charge in [-0.25, -0.2) is 4.79 Å². The Labute approximate surface area is 90.3 Å². The Bertz CT molecular complexity index is 334. The number of aromatic nitrogens is 1. The minimum Gasteiger partial charge on any atom is -0.325 e. The van der Waals surface area contributed by atoms with E-state index in [1.54, 1.807) is 17.3 Å². The first-order valence-corrected chi connectivity index (χ1v) is 5.15. The summed E-state index contributed by atoms with van der Waals surface area (Å²) in [5, 5.41) is 2.84. The maximum atomic E-state index is 11.7. The third kappa shape index (κ3) is 2.94. The van der Waals surface area contributed by atoms with Crippen molar-refractivity contribution < 1.29 is 4.79 Å². The fraction of sp³-hybridized carbons (Fsp3) is 0.455. The predicted octanol–water partition coefficient (Wildman–Crippen LogP) is 2.26. The first kappa shape index (κ1) is 11.5. The van der Waals surface area contributed by atoms with Crippen molar-refractivity contribution in [1.29, 1.82) is 0 Å². The Hall–Kier alpha value is -1.58. The lowest BCUT2D eigenvalue weighted by Gasteiger charge is -2.19. The number of urea groups is 1. The molecule has 0 atom stereocenters. The summed E-state index contributed by atoms with van der Waals surface area (Å²) in [7, 11) is 0. The number of amides is 2. The number of hydrogen-bond acceptors (Lipinski definition) is 2. The van der Waals surface area contributed by atoms with E-state index in [4.69, 9.17) is 0 Å². The van der Waals surface area contributed by atoms with Crippen LogP contribution >= 0.6 is 0 Å². The number of aryl methyl sites for hydroxylation is 1. The second-order valence-electron chi connectivity index (χ2n) is 3.29. The van der Waals surface area contributed by atoms with E-state index in [0.29, 0.717) is 13.1 Å². The van der Waals surface area contributed by atoms with Crippen LogP contribution in [0.3, 0.4) is 0 Å². The highest BCUT2D eigenvalue weighted by Crippen LogP contribution is 2.11. The molecule has 1 rings (SSSR count). The van der Waals surface area contributed by atoms with Gasteiger partial charge in [-0.15, -0.1) is 0 Å². The third-order valence-corrected chi connectivity index (χ3v) is 2.33. The van der Waals surface area contributed by atoms with Crippen molar-refractivity contribution in [2.75, 3.05) is 18.4 Å². The summed E-state index contributed by atoms with van der Waals surface area (Å²) >= 11 is 0. The Balaban J connectivity index is 2.70. The molecule has 15 heavy (non-hydrogen) atoms. The predicted molar refractivity (Wildman–Crippen MR) is 60.9 cm³/mol. The molecule has 1 aromatic heterocycles. The van der Waals surface area contributed by atoms with Gasteiger partial charge in [-0.05, 0) is 32.4 Å². The maximum absolute atomic E-state index is 11.7. The molecule has 0 spiro atoms. The number of pyridine rings is 1. The number of carbonyl (C=O) groups is 1. The van der Waals surface area contributed by atoms with Crippen LogP contribution in [0.1, 0.15) is 19.4 Å². The van der Waals surface area contributed by atoms with Crippen molar-refractivity contribution in [2.45, 2.75) is 20.8 Å². The molecule has 0 aliphatic carbocycles. The number of nitrogens with one attached hydrogen (secondary N) is 1. The van der Waals surface area contributed by atoms with E-state index in [0.717, 1.165) is 11.3 Å². The monoisotopic (exact) mass is 207 g/mol. The highest BCUT2D eigenvalue weighted by atomic mass is 16.2. The van der Waals surface area contributed by atoms with Gasteiger partial charge in [-0.2, -0.15) is 0 Å². The fourth-order valence-electron chi connectivity index (χ4n) is 1.30. The fourth-order valence-corrected chi connectivity index (χ4v) is 1.30. The average Bonchev–Trinajstić information content (AvgIpc) is 2.23. The van der Waals surface area contributed by atoms with Crippen molar-refractivity contribution >= 4 is 11.7 Å². The molecule has 0 radical (unpaired) electrons. The molecular weight excluding hydrogens is 190 g/mol. The minimum absolute atomic E-state index is 0.0731. The number of rotatable bonds is 3. The van der Waals surface area contributed by atoms with Gasteiger partial charge < -0.3 is 10.2 Å². The quantitative estimate of drug-likeness (QED) is 0.826. The van der Waals surface area contributed by atoms with Crippen molar-refractivity contribution in [3.05, 3.63) is 24.0 Å². The topological polar surface area (TPSA) is 45.2 Å². The van der Waals surface area contributed by atoms with Crippen molar-refractivity contribution in [2.24, 2.45) is 0 Å². The van der Waals surface area contributed by atoms with E-state index in [1.165, 1.54) is 0 Å². The molecule has 0 saturated heterocycles. The first-order valence-electron chi connectivity index (χ1n) is 5.15. The molecule has 0 aromatic carbocycles. The van der Waals surface area contributed by atoms with Crippen LogP contribution in [-0.2, 0) is 0 Å². The van der Waals surface area contributed by atoms with E-state index in [2.05, 4.69) is 10.3 Å². The van der Waals surface area contributed by atoms with Crippen molar-refractivity contribution in [1.82, 2.24) is 9.88 Å². The van der Waals surface area contributed by atoms with Gasteiger partial charge in [0.25, 0.3) is 0 Å². The SMILES string of the molecule is CCN(CC)C(=O)Nc1cnccc1C. The van der Waals surface area contributed by atoms with Gasteiger partial charge in [0.1, 0.15) is 0 Å². The molecule has 0 unspecified atom stereocenters. The molecule has 4 nitrogen and oxygen atoms in total. The van der Waals surface area contributed by atoms with Gasteiger partial charge in [0, 0.05) is 19.3 Å². The second-order valence-corrected chi connectivity index (χ2v) is 3.29. The van der Waals surface area contributed by atoms with Crippen LogP contribution in [0.25, 0.3) is 0 Å². The zero-order valence-corrected chi connectivity index (χ0v) is 9.45. The number of carbonyl (C=O) groups excluding carboxylic acids is 1. The van der Waals surface area contributed by atoms with Crippen LogP contribution in [0.15, 0.2) is 18.5 Å². The lowest BCUT2D eigenvalue weighted by molar-refractivity contribution is 0.217. The minimum atomic E-state index is -0.0731. The molecule has 1 heterocycles. The van der Waals surface area contributed by atoms with Gasteiger partial charge in [0.2, 0.25) is 0 Å². The van der Waals surface area contributed by atoms with Crippen LogP contribution in [0.5, 0.6) is 0 Å². The smallest absolute Gasteiger partial charge is 0.321 e. The third-order valence-electron chi connectivity index (χ3n) is 2.33. The van der Waals surface area contributed by atoms with E-state index < -0.39 is 0 Å². The van der Waals surface area contributed by atoms with Crippen LogP contribution in [0.4, 0.5) is 10.5 Å². The lowest BCUT2D eigenvalue weighted by atomic mass is 10.2. The molecule has 82 valence electrons. The van der Waals surface area contributed by atoms with Crippen molar-refractivity contribution in [3.8, 4) is 0 Å². The summed E-state index contributed by atoms with van der Waals surface area (Å²) in [6.07, 6.45) is 3.37. The summed E-state index contributed by atoms with van der Waals surface area (Å²) < 4.78 is 0. The molecule has 1 aromatic rings. The van der Waals surface area contributed by atoms with E-state index in [9.17, 15) is 4.79 Å². The van der Waals surface area contributed by atoms with E-state index >= 15 is 0 Å². The summed E-state index contributed by atoms with van der Waals surface area (Å²) in [6, 6.07) is 1.80. The summed E-state index contributed by atoms with van der Waals surface area (Å²) in [4.78, 5) is 17.4. The molecular formula is C11H17N3O. The van der Waals surface area contributed by atoms with Crippen LogP contribution in [-0.4, -0.2) is 29.0 Å². The lowest BCUT2D eigenvalue weighted by Crippen LogP contribution is -2.34. The maximum Gasteiger partial charge on any atom is 0.321 e. The summed E-state index contributed by atoms with van der Waals surface area (Å²) in [6.45, 7) is 7.28. The standard InChI is InChI=1S/C11H17N3O/c1-4-14(5-2)11(15)13-10-8-12-7-6-9(10)3/h6-8H,4-5H2,1-3H3,(H,13,15). The zero-order chi connectivity index (χ0) is 11.3. The number of hydrogen-bond donors (Lipinski definition) is 1. The van der Waals surface area contributed by atoms with Crippen LogP contribution in [0, 0.1) is 6.92 Å². The highest BCUT2D eigenvalue weighted by molar-refractivity contribution is 5.89. The first-order chi connectivity index (χ1) is 7.19. The van der Waals surface area contributed by atoms with E-state index in [-0.39, 0.29) is 6.03 Å². The Morgan fingerprint density at radius 3 is 2.67 bits per heavy atom. The van der Waals surface area contributed by atoms with Gasteiger partial charge in [-0.3, -0.25) is 4.98 Å². The molecule has 0 aliphatic heterocycles. The van der Waals surface area contributed by atoms with Gasteiger partial charge in [0.05, 0.1) is 11.9 Å². The van der Waals surface area contributed by atoms with Crippen LogP contribution in [0.2, 0.25) is 0 Å².